The number of anilines is 1. The first kappa shape index (κ1) is 19.1. The van der Waals surface area contributed by atoms with Crippen LogP contribution in [-0.4, -0.2) is 67.5 Å². The Kier molecular flexibility index (Phi) is 5.05. The molecule has 1 amide bonds. The lowest BCUT2D eigenvalue weighted by Gasteiger charge is -2.35. The Balaban J connectivity index is 1.63. The van der Waals surface area contributed by atoms with E-state index in [2.05, 4.69) is 19.9 Å². The summed E-state index contributed by atoms with van der Waals surface area (Å²) in [6, 6.07) is 6.28. The number of imidazole rings is 1. The fourth-order valence-corrected chi connectivity index (χ4v) is 3.36. The minimum Gasteiger partial charge on any atom is -0.338 e. The van der Waals surface area contributed by atoms with Gasteiger partial charge in [0, 0.05) is 26.2 Å². The highest BCUT2D eigenvalue weighted by molar-refractivity contribution is 5.81. The van der Waals surface area contributed by atoms with E-state index in [0.717, 1.165) is 0 Å². The van der Waals surface area contributed by atoms with Gasteiger partial charge in [0.2, 0.25) is 17.8 Å². The zero-order valence-corrected chi connectivity index (χ0v) is 15.7. The minimum absolute atomic E-state index is 0.0769. The SMILES string of the molecule is C[C@@H](N)C(=O)N1CCN(c2ncnc(-n3c(C(F)F)nc4ccccc43)n2)CC1. The quantitative estimate of drug-likeness (QED) is 0.698. The molecule has 0 bridgehead atoms. The second kappa shape index (κ2) is 7.66. The average Bonchev–Trinajstić information content (AvgIpc) is 3.13. The number of carbonyl (C=O) groups excluding carboxylic acids is 1. The summed E-state index contributed by atoms with van der Waals surface area (Å²) >= 11 is 0. The van der Waals surface area contributed by atoms with Gasteiger partial charge in [-0.15, -0.1) is 0 Å². The second-order valence-corrected chi connectivity index (χ2v) is 6.78. The highest BCUT2D eigenvalue weighted by Crippen LogP contribution is 2.26. The number of alkyl halides is 2. The molecule has 0 radical (unpaired) electrons. The van der Waals surface area contributed by atoms with Gasteiger partial charge in [-0.1, -0.05) is 12.1 Å². The van der Waals surface area contributed by atoms with E-state index in [4.69, 9.17) is 5.73 Å². The van der Waals surface area contributed by atoms with Gasteiger partial charge in [0.05, 0.1) is 17.1 Å². The van der Waals surface area contributed by atoms with Gasteiger partial charge in [-0.2, -0.15) is 4.98 Å². The van der Waals surface area contributed by atoms with Crippen LogP contribution < -0.4 is 10.6 Å². The number of aromatic nitrogens is 5. The molecular weight excluding hydrogens is 382 g/mol. The Morgan fingerprint density at radius 1 is 1.07 bits per heavy atom. The summed E-state index contributed by atoms with van der Waals surface area (Å²) in [7, 11) is 0. The predicted octanol–water partition coefficient (Wildman–Crippen LogP) is 1.14. The predicted molar refractivity (Wildman–Crippen MR) is 102 cm³/mol. The zero-order valence-electron chi connectivity index (χ0n) is 15.7. The van der Waals surface area contributed by atoms with Gasteiger partial charge in [-0.25, -0.2) is 23.7 Å². The molecule has 29 heavy (non-hydrogen) atoms. The van der Waals surface area contributed by atoms with Crippen molar-refractivity contribution in [1.82, 2.24) is 29.4 Å². The summed E-state index contributed by atoms with van der Waals surface area (Å²) in [4.78, 5) is 32.3. The molecule has 1 aromatic carbocycles. The normalized spacial score (nSPS) is 15.9. The molecule has 3 aromatic rings. The first-order valence-corrected chi connectivity index (χ1v) is 9.20. The number of amides is 1. The van der Waals surface area contributed by atoms with E-state index in [9.17, 15) is 13.6 Å². The standard InChI is InChI=1S/C18H20F2N8O/c1-11(21)16(29)26-6-8-27(9-7-26)17-22-10-23-18(25-17)28-13-5-3-2-4-12(13)24-15(28)14(19)20/h2-5,10-11,14H,6-9,21H2,1H3/t11-/m1/s1. The van der Waals surface area contributed by atoms with E-state index in [1.54, 1.807) is 36.1 Å². The van der Waals surface area contributed by atoms with Crippen LogP contribution in [0.25, 0.3) is 17.0 Å². The highest BCUT2D eigenvalue weighted by Gasteiger charge is 2.26. The summed E-state index contributed by atoms with van der Waals surface area (Å²) in [5, 5.41) is 0. The molecule has 9 nitrogen and oxygen atoms in total. The van der Waals surface area contributed by atoms with Crippen LogP contribution in [0.5, 0.6) is 0 Å². The Hall–Kier alpha value is -3.21. The fourth-order valence-electron chi connectivity index (χ4n) is 3.36. The van der Waals surface area contributed by atoms with Gasteiger partial charge in [-0.05, 0) is 19.1 Å². The van der Waals surface area contributed by atoms with Crippen molar-refractivity contribution in [3.05, 3.63) is 36.4 Å². The number of hydrogen-bond acceptors (Lipinski definition) is 7. The zero-order chi connectivity index (χ0) is 20.5. The molecule has 1 aliphatic heterocycles. The van der Waals surface area contributed by atoms with Crippen molar-refractivity contribution in [1.29, 1.82) is 0 Å². The molecule has 0 spiro atoms. The van der Waals surface area contributed by atoms with Crippen molar-refractivity contribution in [3.63, 3.8) is 0 Å². The van der Waals surface area contributed by atoms with Crippen molar-refractivity contribution in [2.24, 2.45) is 5.73 Å². The third-order valence-electron chi connectivity index (χ3n) is 4.79. The van der Waals surface area contributed by atoms with Crippen LogP contribution in [0.1, 0.15) is 19.2 Å². The number of nitrogens with zero attached hydrogens (tertiary/aromatic N) is 7. The summed E-state index contributed by atoms with van der Waals surface area (Å²) < 4.78 is 28.4. The maximum Gasteiger partial charge on any atom is 0.296 e. The third-order valence-corrected chi connectivity index (χ3v) is 4.79. The van der Waals surface area contributed by atoms with Crippen molar-refractivity contribution < 1.29 is 13.6 Å². The van der Waals surface area contributed by atoms with E-state index < -0.39 is 18.3 Å². The maximum atomic E-state index is 13.6. The molecule has 2 N–H and O–H groups in total. The number of fused-ring (bicyclic) bond motifs is 1. The summed E-state index contributed by atoms with van der Waals surface area (Å²) in [5.74, 6) is -0.0860. The van der Waals surface area contributed by atoms with Crippen molar-refractivity contribution in [2.45, 2.75) is 19.4 Å². The van der Waals surface area contributed by atoms with Crippen molar-refractivity contribution in [2.75, 3.05) is 31.1 Å². The first-order valence-electron chi connectivity index (χ1n) is 9.20. The molecule has 11 heteroatoms. The lowest BCUT2D eigenvalue weighted by Crippen LogP contribution is -2.53. The summed E-state index contributed by atoms with van der Waals surface area (Å²) in [6.45, 7) is 3.64. The van der Waals surface area contributed by atoms with E-state index >= 15 is 0 Å². The Morgan fingerprint density at radius 3 is 2.45 bits per heavy atom. The molecule has 0 saturated carbocycles. The average molecular weight is 402 g/mol. The molecule has 0 aliphatic carbocycles. The Morgan fingerprint density at radius 2 is 1.76 bits per heavy atom. The van der Waals surface area contributed by atoms with Gasteiger partial charge in [-0.3, -0.25) is 9.36 Å². The monoisotopic (exact) mass is 402 g/mol. The van der Waals surface area contributed by atoms with Gasteiger partial charge in [0.25, 0.3) is 6.43 Å². The largest absolute Gasteiger partial charge is 0.338 e. The number of nitrogens with two attached hydrogens (primary N) is 1. The Bertz CT molecular complexity index is 1030. The van der Waals surface area contributed by atoms with Crippen LogP contribution in [0, 0.1) is 0 Å². The maximum absolute atomic E-state index is 13.6. The smallest absolute Gasteiger partial charge is 0.296 e. The second-order valence-electron chi connectivity index (χ2n) is 6.78. The highest BCUT2D eigenvalue weighted by atomic mass is 19.3. The molecule has 1 aliphatic rings. The van der Waals surface area contributed by atoms with E-state index in [-0.39, 0.29) is 11.9 Å². The molecule has 4 rings (SSSR count). The van der Waals surface area contributed by atoms with Crippen LogP contribution >= 0.6 is 0 Å². The molecule has 1 atom stereocenters. The number of rotatable bonds is 4. The van der Waals surface area contributed by atoms with Crippen LogP contribution in [0.2, 0.25) is 0 Å². The number of piperazine rings is 1. The van der Waals surface area contributed by atoms with Gasteiger partial charge in [0.15, 0.2) is 5.82 Å². The van der Waals surface area contributed by atoms with Crippen LogP contribution in [0.4, 0.5) is 14.7 Å². The van der Waals surface area contributed by atoms with Gasteiger partial charge < -0.3 is 15.5 Å². The van der Waals surface area contributed by atoms with Crippen molar-refractivity contribution >= 4 is 22.9 Å². The fraction of sp³-hybridized carbons (Fsp3) is 0.389. The number of halogens is 2. The minimum atomic E-state index is -2.78. The molecule has 2 aromatic heterocycles. The lowest BCUT2D eigenvalue weighted by atomic mass is 10.2. The van der Waals surface area contributed by atoms with Crippen LogP contribution in [0.15, 0.2) is 30.6 Å². The van der Waals surface area contributed by atoms with E-state index in [1.807, 2.05) is 4.90 Å². The number of carbonyl (C=O) groups is 1. The van der Waals surface area contributed by atoms with Gasteiger partial charge in [0.1, 0.15) is 6.33 Å². The van der Waals surface area contributed by atoms with E-state index in [1.165, 1.54) is 10.9 Å². The van der Waals surface area contributed by atoms with Crippen molar-refractivity contribution in [3.8, 4) is 5.95 Å². The van der Waals surface area contributed by atoms with E-state index in [0.29, 0.717) is 43.2 Å². The molecule has 152 valence electrons. The topological polar surface area (TPSA) is 106 Å². The molecule has 1 fully saturated rings. The Labute approximate surface area is 165 Å². The third kappa shape index (κ3) is 3.60. The summed E-state index contributed by atoms with van der Waals surface area (Å²) in [5.41, 5.74) is 6.59. The molecule has 3 heterocycles. The summed E-state index contributed by atoms with van der Waals surface area (Å²) in [6.07, 6.45) is -1.49. The van der Waals surface area contributed by atoms with Gasteiger partial charge >= 0.3 is 0 Å². The first-order chi connectivity index (χ1) is 14.0. The molecular formula is C18H20F2N8O. The number of hydrogen-bond donors (Lipinski definition) is 1. The molecule has 0 unspecified atom stereocenters. The van der Waals surface area contributed by atoms with Crippen LogP contribution in [0.3, 0.4) is 0 Å². The molecule has 1 saturated heterocycles. The number of para-hydroxylation sites is 2. The van der Waals surface area contributed by atoms with Crippen LogP contribution in [-0.2, 0) is 4.79 Å². The number of benzene rings is 1. The lowest BCUT2D eigenvalue weighted by molar-refractivity contribution is -0.132.